The second-order valence-electron chi connectivity index (χ2n) is 5.88. The quantitative estimate of drug-likeness (QED) is 0.711. The predicted octanol–water partition coefficient (Wildman–Crippen LogP) is 4.43. The molecule has 0 radical (unpaired) electrons. The molecular weight excluding hydrogens is 335 g/mol. The minimum atomic E-state index is -0.279. The molecule has 1 aromatic heterocycles. The van der Waals surface area contributed by atoms with Gasteiger partial charge in [0.25, 0.3) is 0 Å². The lowest BCUT2D eigenvalue weighted by Gasteiger charge is -2.17. The third-order valence-corrected chi connectivity index (χ3v) is 4.93. The monoisotopic (exact) mass is 354 g/mol. The van der Waals surface area contributed by atoms with Gasteiger partial charge < -0.3 is 5.32 Å². The molecular formula is C20H19FN2OS. The van der Waals surface area contributed by atoms with E-state index < -0.39 is 0 Å². The molecule has 0 unspecified atom stereocenters. The van der Waals surface area contributed by atoms with Crippen molar-refractivity contribution in [3.63, 3.8) is 0 Å². The van der Waals surface area contributed by atoms with E-state index in [2.05, 4.69) is 10.3 Å². The van der Waals surface area contributed by atoms with E-state index in [4.69, 9.17) is 0 Å². The van der Waals surface area contributed by atoms with Crippen molar-refractivity contribution in [2.45, 2.75) is 25.8 Å². The third kappa shape index (κ3) is 4.73. The van der Waals surface area contributed by atoms with Crippen LogP contribution in [-0.4, -0.2) is 10.9 Å². The first kappa shape index (κ1) is 17.3. The summed E-state index contributed by atoms with van der Waals surface area (Å²) in [6.07, 6.45) is 0.306. The summed E-state index contributed by atoms with van der Waals surface area (Å²) < 4.78 is 13.2. The number of benzene rings is 2. The number of nitrogens with one attached hydrogen (secondary N) is 1. The van der Waals surface area contributed by atoms with Crippen LogP contribution >= 0.6 is 11.3 Å². The second kappa shape index (κ2) is 8.03. The molecule has 3 aromatic rings. The Morgan fingerprint density at radius 1 is 1.12 bits per heavy atom. The first-order valence-corrected chi connectivity index (χ1v) is 8.98. The summed E-state index contributed by atoms with van der Waals surface area (Å²) in [7, 11) is 0. The minimum absolute atomic E-state index is 0.0500. The number of amides is 1. The van der Waals surface area contributed by atoms with Crippen molar-refractivity contribution in [2.75, 3.05) is 0 Å². The van der Waals surface area contributed by atoms with E-state index in [0.717, 1.165) is 21.8 Å². The molecule has 1 heterocycles. The van der Waals surface area contributed by atoms with Crippen LogP contribution in [0.25, 0.3) is 0 Å². The van der Waals surface area contributed by atoms with Crippen molar-refractivity contribution < 1.29 is 9.18 Å². The largest absolute Gasteiger partial charge is 0.350 e. The van der Waals surface area contributed by atoms with Gasteiger partial charge >= 0.3 is 0 Å². The van der Waals surface area contributed by atoms with Gasteiger partial charge in [0, 0.05) is 23.4 Å². The van der Waals surface area contributed by atoms with Crippen LogP contribution in [0.15, 0.2) is 60.0 Å². The molecule has 0 aliphatic heterocycles. The summed E-state index contributed by atoms with van der Waals surface area (Å²) >= 11 is 1.54. The molecule has 0 saturated heterocycles. The van der Waals surface area contributed by atoms with Gasteiger partial charge in [0.05, 0.1) is 6.54 Å². The zero-order valence-corrected chi connectivity index (χ0v) is 14.7. The highest BCUT2D eigenvalue weighted by Crippen LogP contribution is 2.28. The Bertz CT molecular complexity index is 830. The van der Waals surface area contributed by atoms with Gasteiger partial charge in [-0.3, -0.25) is 4.79 Å². The molecule has 0 bridgehead atoms. The van der Waals surface area contributed by atoms with E-state index in [1.165, 1.54) is 23.5 Å². The molecule has 2 aromatic carbocycles. The molecule has 3 rings (SSSR count). The van der Waals surface area contributed by atoms with E-state index in [1.54, 1.807) is 12.1 Å². The molecule has 0 aliphatic carbocycles. The Kier molecular flexibility index (Phi) is 5.56. The van der Waals surface area contributed by atoms with Crippen molar-refractivity contribution in [3.8, 4) is 0 Å². The Hall–Kier alpha value is -2.53. The van der Waals surface area contributed by atoms with Crippen LogP contribution in [0.3, 0.4) is 0 Å². The standard InChI is InChI=1S/C20H19FN2OS/c1-14-13-25-20(23-14)12-22-19(24)11-18(15-5-3-2-4-6-15)16-7-9-17(21)10-8-16/h2-10,13,18H,11-12H2,1H3,(H,22,24)/t18-/m1/s1. The molecule has 1 amide bonds. The Balaban J connectivity index is 1.73. The number of rotatable bonds is 6. The fourth-order valence-electron chi connectivity index (χ4n) is 2.72. The van der Waals surface area contributed by atoms with Crippen molar-refractivity contribution in [3.05, 3.63) is 87.6 Å². The van der Waals surface area contributed by atoms with Crippen molar-refractivity contribution in [2.24, 2.45) is 0 Å². The van der Waals surface area contributed by atoms with Gasteiger partial charge in [-0.15, -0.1) is 11.3 Å². The van der Waals surface area contributed by atoms with Crippen LogP contribution in [-0.2, 0) is 11.3 Å². The molecule has 0 spiro atoms. The molecule has 5 heteroatoms. The number of thiazole rings is 1. The Morgan fingerprint density at radius 2 is 1.80 bits per heavy atom. The molecule has 0 saturated carbocycles. The van der Waals surface area contributed by atoms with Crippen molar-refractivity contribution in [1.82, 2.24) is 10.3 Å². The highest BCUT2D eigenvalue weighted by atomic mass is 32.1. The molecule has 0 aliphatic rings. The number of carbonyl (C=O) groups excluding carboxylic acids is 1. The van der Waals surface area contributed by atoms with Gasteiger partial charge in [0.15, 0.2) is 0 Å². The summed E-state index contributed by atoms with van der Waals surface area (Å²) in [6.45, 7) is 2.37. The maximum atomic E-state index is 13.2. The van der Waals surface area contributed by atoms with Crippen LogP contribution in [0.2, 0.25) is 0 Å². The summed E-state index contributed by atoms with van der Waals surface area (Å²) in [4.78, 5) is 16.8. The first-order valence-electron chi connectivity index (χ1n) is 8.10. The van der Waals surface area contributed by atoms with E-state index in [0.29, 0.717) is 13.0 Å². The van der Waals surface area contributed by atoms with Crippen molar-refractivity contribution in [1.29, 1.82) is 0 Å². The number of aryl methyl sites for hydroxylation is 1. The van der Waals surface area contributed by atoms with Gasteiger partial charge in [-0.2, -0.15) is 0 Å². The average molecular weight is 354 g/mol. The highest BCUT2D eigenvalue weighted by Gasteiger charge is 2.18. The highest BCUT2D eigenvalue weighted by molar-refractivity contribution is 7.09. The minimum Gasteiger partial charge on any atom is -0.350 e. The van der Waals surface area contributed by atoms with Gasteiger partial charge in [0.1, 0.15) is 10.8 Å². The number of carbonyl (C=O) groups is 1. The van der Waals surface area contributed by atoms with Crippen LogP contribution in [0.4, 0.5) is 4.39 Å². The van der Waals surface area contributed by atoms with Gasteiger partial charge in [-0.25, -0.2) is 9.37 Å². The van der Waals surface area contributed by atoms with Crippen LogP contribution in [0, 0.1) is 12.7 Å². The number of nitrogens with zero attached hydrogens (tertiary/aromatic N) is 1. The molecule has 25 heavy (non-hydrogen) atoms. The molecule has 3 nitrogen and oxygen atoms in total. The SMILES string of the molecule is Cc1csc(CNC(=O)C[C@H](c2ccccc2)c2ccc(F)cc2)n1. The smallest absolute Gasteiger partial charge is 0.221 e. The average Bonchev–Trinajstić information content (AvgIpc) is 3.05. The Morgan fingerprint density at radius 3 is 2.44 bits per heavy atom. The second-order valence-corrected chi connectivity index (χ2v) is 6.82. The fourth-order valence-corrected chi connectivity index (χ4v) is 3.44. The van der Waals surface area contributed by atoms with E-state index in [9.17, 15) is 9.18 Å². The molecule has 0 fully saturated rings. The van der Waals surface area contributed by atoms with Crippen molar-refractivity contribution >= 4 is 17.2 Å². The molecule has 1 atom stereocenters. The van der Waals surface area contributed by atoms with Crippen LogP contribution < -0.4 is 5.32 Å². The lowest BCUT2D eigenvalue weighted by atomic mass is 9.88. The zero-order chi connectivity index (χ0) is 17.6. The molecule has 128 valence electrons. The number of aromatic nitrogens is 1. The fraction of sp³-hybridized carbons (Fsp3) is 0.200. The summed E-state index contributed by atoms with van der Waals surface area (Å²) in [5, 5.41) is 5.79. The predicted molar refractivity (Wildman–Crippen MR) is 98.0 cm³/mol. The molecule has 1 N–H and O–H groups in total. The lowest BCUT2D eigenvalue weighted by molar-refractivity contribution is -0.121. The van der Waals surface area contributed by atoms with Crippen LogP contribution in [0.1, 0.15) is 34.2 Å². The summed E-state index contributed by atoms with van der Waals surface area (Å²) in [5.41, 5.74) is 2.92. The maximum absolute atomic E-state index is 13.2. The third-order valence-electron chi connectivity index (χ3n) is 3.97. The van der Waals surface area contributed by atoms with E-state index in [-0.39, 0.29) is 17.6 Å². The summed E-state index contributed by atoms with van der Waals surface area (Å²) in [6, 6.07) is 16.2. The van der Waals surface area contributed by atoms with Gasteiger partial charge in [-0.1, -0.05) is 42.5 Å². The zero-order valence-electron chi connectivity index (χ0n) is 13.9. The number of hydrogen-bond acceptors (Lipinski definition) is 3. The van der Waals surface area contributed by atoms with E-state index in [1.807, 2.05) is 42.6 Å². The summed E-state index contributed by atoms with van der Waals surface area (Å²) in [5.74, 6) is -0.440. The lowest BCUT2D eigenvalue weighted by Crippen LogP contribution is -2.25. The first-order chi connectivity index (χ1) is 12.1. The normalized spacial score (nSPS) is 11.9. The maximum Gasteiger partial charge on any atom is 0.221 e. The van der Waals surface area contributed by atoms with E-state index >= 15 is 0 Å². The number of halogens is 1. The van der Waals surface area contributed by atoms with Gasteiger partial charge in [0.2, 0.25) is 5.91 Å². The number of hydrogen-bond donors (Lipinski definition) is 1. The topological polar surface area (TPSA) is 42.0 Å². The van der Waals surface area contributed by atoms with Crippen LogP contribution in [0.5, 0.6) is 0 Å². The Labute approximate surface area is 150 Å². The van der Waals surface area contributed by atoms with Gasteiger partial charge in [-0.05, 0) is 30.2 Å².